The van der Waals surface area contributed by atoms with Gasteiger partial charge in [0.2, 0.25) is 0 Å². The number of hydrogen-bond donors (Lipinski definition) is 0. The van der Waals surface area contributed by atoms with Gasteiger partial charge in [-0.05, 0) is 66.2 Å². The van der Waals surface area contributed by atoms with Crippen LogP contribution in [-0.2, 0) is 13.1 Å². The van der Waals surface area contributed by atoms with E-state index in [-0.39, 0.29) is 6.04 Å². The van der Waals surface area contributed by atoms with Crippen LogP contribution in [0.25, 0.3) is 11.4 Å². The number of aromatic nitrogens is 4. The summed E-state index contributed by atoms with van der Waals surface area (Å²) < 4.78 is 5.09. The van der Waals surface area contributed by atoms with E-state index in [4.69, 9.17) is 17.3 Å². The lowest BCUT2D eigenvalue weighted by atomic mass is 9.94. The Morgan fingerprint density at radius 1 is 1.03 bits per heavy atom. The van der Waals surface area contributed by atoms with Crippen molar-refractivity contribution < 1.29 is 0 Å². The second-order valence-electron chi connectivity index (χ2n) is 8.26. The Hall–Kier alpha value is -2.61. The standard InChI is InChI=1S/C24H23N5S2/c30-24-28(26-23(29(24)19-6-7-19)18-8-12-25-13-9-18)16-27-14-10-21-20(11-15-31-21)22(27)17-4-2-1-3-5-17/h1-5,8-9,11-13,15,19,22H,6-7,10,14,16H2/t22-/m1/s1. The van der Waals surface area contributed by atoms with Crippen molar-refractivity contribution in [3.63, 3.8) is 0 Å². The molecule has 0 saturated heterocycles. The van der Waals surface area contributed by atoms with Gasteiger partial charge >= 0.3 is 0 Å². The van der Waals surface area contributed by atoms with Crippen molar-refractivity contribution in [1.82, 2.24) is 24.2 Å². The quantitative estimate of drug-likeness (QED) is 0.382. The zero-order valence-corrected chi connectivity index (χ0v) is 18.7. The van der Waals surface area contributed by atoms with E-state index in [1.807, 2.05) is 40.5 Å². The smallest absolute Gasteiger partial charge is 0.199 e. The van der Waals surface area contributed by atoms with Gasteiger partial charge in [0.25, 0.3) is 0 Å². The fourth-order valence-corrected chi connectivity index (χ4v) is 5.83. The Bertz CT molecular complexity index is 1250. The summed E-state index contributed by atoms with van der Waals surface area (Å²) in [6.07, 6.45) is 7.06. The van der Waals surface area contributed by atoms with E-state index in [2.05, 4.69) is 56.2 Å². The molecule has 5 nitrogen and oxygen atoms in total. The molecule has 1 atom stereocenters. The zero-order chi connectivity index (χ0) is 20.8. The molecule has 2 aliphatic rings. The van der Waals surface area contributed by atoms with Crippen molar-refractivity contribution in [3.05, 3.63) is 87.1 Å². The van der Waals surface area contributed by atoms with Crippen LogP contribution in [0.5, 0.6) is 0 Å². The van der Waals surface area contributed by atoms with Gasteiger partial charge in [0.1, 0.15) is 0 Å². The van der Waals surface area contributed by atoms with Crippen LogP contribution in [0.15, 0.2) is 66.3 Å². The molecule has 0 spiro atoms. The fraction of sp³-hybridized carbons (Fsp3) is 0.292. The molecular formula is C24H23N5S2. The number of rotatable bonds is 5. The molecule has 0 unspecified atom stereocenters. The molecule has 1 aromatic carbocycles. The Kier molecular flexibility index (Phi) is 4.82. The molecule has 0 bridgehead atoms. The highest BCUT2D eigenvalue weighted by molar-refractivity contribution is 7.71. The van der Waals surface area contributed by atoms with Gasteiger partial charge in [-0.3, -0.25) is 14.5 Å². The summed E-state index contributed by atoms with van der Waals surface area (Å²) in [5.41, 5.74) is 3.82. The summed E-state index contributed by atoms with van der Waals surface area (Å²) >= 11 is 7.81. The second kappa shape index (κ2) is 7.82. The van der Waals surface area contributed by atoms with Crippen LogP contribution in [0.3, 0.4) is 0 Å². The highest BCUT2D eigenvalue weighted by Gasteiger charge is 2.32. The fourth-order valence-electron chi connectivity index (χ4n) is 4.59. The molecule has 31 heavy (non-hydrogen) atoms. The Morgan fingerprint density at radius 3 is 2.61 bits per heavy atom. The highest BCUT2D eigenvalue weighted by Crippen LogP contribution is 2.40. The van der Waals surface area contributed by atoms with E-state index in [0.29, 0.717) is 12.7 Å². The molecule has 7 heteroatoms. The van der Waals surface area contributed by atoms with Gasteiger partial charge in [0, 0.05) is 35.4 Å². The van der Waals surface area contributed by atoms with Crippen molar-refractivity contribution in [3.8, 4) is 11.4 Å². The average Bonchev–Trinajstić information content (AvgIpc) is 3.44. The van der Waals surface area contributed by atoms with Crippen LogP contribution >= 0.6 is 23.6 Å². The zero-order valence-electron chi connectivity index (χ0n) is 17.1. The summed E-state index contributed by atoms with van der Waals surface area (Å²) in [7, 11) is 0. The van der Waals surface area contributed by atoms with Crippen molar-refractivity contribution in [2.75, 3.05) is 6.54 Å². The molecule has 3 aromatic heterocycles. The maximum Gasteiger partial charge on any atom is 0.199 e. The molecule has 1 aliphatic heterocycles. The van der Waals surface area contributed by atoms with Crippen LogP contribution < -0.4 is 0 Å². The average molecular weight is 446 g/mol. The largest absolute Gasteiger partial charge is 0.297 e. The molecule has 4 aromatic rings. The Balaban J connectivity index is 1.40. The van der Waals surface area contributed by atoms with Crippen molar-refractivity contribution in [2.24, 2.45) is 0 Å². The number of nitrogens with zero attached hydrogens (tertiary/aromatic N) is 5. The van der Waals surface area contributed by atoms with Gasteiger partial charge in [0.15, 0.2) is 10.6 Å². The topological polar surface area (TPSA) is 38.9 Å². The molecule has 0 N–H and O–H groups in total. The Labute approximate surface area is 190 Å². The lowest BCUT2D eigenvalue weighted by Gasteiger charge is -2.36. The summed E-state index contributed by atoms with van der Waals surface area (Å²) in [5.74, 6) is 0.958. The maximum absolute atomic E-state index is 5.94. The minimum absolute atomic E-state index is 0.230. The molecule has 1 aliphatic carbocycles. The first kappa shape index (κ1) is 19.1. The molecule has 0 amide bonds. The third kappa shape index (κ3) is 3.46. The van der Waals surface area contributed by atoms with Crippen molar-refractivity contribution >= 4 is 23.6 Å². The second-order valence-corrected chi connectivity index (χ2v) is 9.62. The number of hydrogen-bond acceptors (Lipinski definition) is 5. The van der Waals surface area contributed by atoms with E-state index < -0.39 is 0 Å². The maximum atomic E-state index is 5.94. The highest BCUT2D eigenvalue weighted by atomic mass is 32.1. The van der Waals surface area contributed by atoms with Crippen molar-refractivity contribution in [2.45, 2.75) is 38.0 Å². The molecule has 0 radical (unpaired) electrons. The first-order chi connectivity index (χ1) is 15.3. The molecule has 1 saturated carbocycles. The van der Waals surface area contributed by atoms with E-state index in [1.165, 1.54) is 28.8 Å². The van der Waals surface area contributed by atoms with Crippen LogP contribution in [0.2, 0.25) is 0 Å². The number of fused-ring (bicyclic) bond motifs is 1. The lowest BCUT2D eigenvalue weighted by molar-refractivity contribution is 0.156. The monoisotopic (exact) mass is 445 g/mol. The van der Waals surface area contributed by atoms with Crippen LogP contribution in [0.1, 0.15) is 40.9 Å². The minimum Gasteiger partial charge on any atom is -0.297 e. The van der Waals surface area contributed by atoms with Crippen LogP contribution in [-0.4, -0.2) is 30.8 Å². The summed E-state index contributed by atoms with van der Waals surface area (Å²) in [4.78, 5) is 8.18. The van der Waals surface area contributed by atoms with E-state index in [1.54, 1.807) is 0 Å². The third-order valence-electron chi connectivity index (χ3n) is 6.22. The normalized spacial score (nSPS) is 18.8. The third-order valence-corrected chi connectivity index (χ3v) is 7.62. The van der Waals surface area contributed by atoms with Crippen molar-refractivity contribution in [1.29, 1.82) is 0 Å². The molecule has 156 valence electrons. The van der Waals surface area contributed by atoms with E-state index in [0.717, 1.165) is 29.1 Å². The molecule has 6 rings (SSSR count). The number of thiophene rings is 1. The van der Waals surface area contributed by atoms with Crippen LogP contribution in [0, 0.1) is 4.77 Å². The molecular weight excluding hydrogens is 422 g/mol. The summed E-state index contributed by atoms with van der Waals surface area (Å²) in [6.45, 7) is 1.68. The molecule has 4 heterocycles. The number of benzene rings is 1. The van der Waals surface area contributed by atoms with Gasteiger partial charge in [-0.15, -0.1) is 11.3 Å². The van der Waals surface area contributed by atoms with E-state index >= 15 is 0 Å². The number of pyridine rings is 1. The van der Waals surface area contributed by atoms with Gasteiger partial charge in [-0.25, -0.2) is 4.68 Å². The first-order valence-corrected chi connectivity index (χ1v) is 12.0. The van der Waals surface area contributed by atoms with Gasteiger partial charge < -0.3 is 0 Å². The lowest BCUT2D eigenvalue weighted by Crippen LogP contribution is -2.37. The first-order valence-electron chi connectivity index (χ1n) is 10.7. The van der Waals surface area contributed by atoms with Gasteiger partial charge in [-0.2, -0.15) is 5.10 Å². The van der Waals surface area contributed by atoms with Gasteiger partial charge in [-0.1, -0.05) is 30.3 Å². The summed E-state index contributed by atoms with van der Waals surface area (Å²) in [5, 5.41) is 7.24. The predicted molar refractivity (Wildman–Crippen MR) is 126 cm³/mol. The minimum atomic E-state index is 0.230. The SMILES string of the molecule is S=c1n(CN2CCc3sccc3[C@H]2c2ccccc2)nc(-c2ccncc2)n1C1CC1. The predicted octanol–water partition coefficient (Wildman–Crippen LogP) is 5.48. The van der Waals surface area contributed by atoms with Crippen LogP contribution in [0.4, 0.5) is 0 Å². The van der Waals surface area contributed by atoms with E-state index in [9.17, 15) is 0 Å². The summed E-state index contributed by atoms with van der Waals surface area (Å²) in [6, 6.07) is 17.8. The Morgan fingerprint density at radius 2 is 1.84 bits per heavy atom. The molecule has 1 fully saturated rings. The van der Waals surface area contributed by atoms with Gasteiger partial charge in [0.05, 0.1) is 12.7 Å².